The Labute approximate surface area is 120 Å². The van der Waals surface area contributed by atoms with Crippen LogP contribution in [0.2, 0.25) is 0 Å². The molecule has 0 saturated carbocycles. The minimum atomic E-state index is -2.47. The molecule has 0 amide bonds. The molecule has 0 unspecified atom stereocenters. The average molecular weight is 295 g/mol. The summed E-state index contributed by atoms with van der Waals surface area (Å²) in [5.41, 5.74) is 0.973. The topological polar surface area (TPSA) is 58.6 Å². The molecule has 0 saturated heterocycles. The maximum atomic E-state index is 11.9. The molecule has 0 radical (unpaired) electrons. The van der Waals surface area contributed by atoms with E-state index in [2.05, 4.69) is 5.32 Å². The Balaban J connectivity index is 2.11. The Hall–Kier alpha value is -2.21. The second-order valence-corrected chi connectivity index (χ2v) is 4.40. The number of carboxylic acid groups (broad SMARTS) is 1. The summed E-state index contributed by atoms with van der Waals surface area (Å²) in [5.74, 6) is -0.988. The van der Waals surface area contributed by atoms with Crippen molar-refractivity contribution in [2.45, 2.75) is 6.43 Å². The predicted octanol–water partition coefficient (Wildman–Crippen LogP) is 3.23. The summed E-state index contributed by atoms with van der Waals surface area (Å²) in [4.78, 5) is 11.2. The first kappa shape index (κ1) is 15.2. The third-order valence-corrected chi connectivity index (χ3v) is 2.96. The van der Waals surface area contributed by atoms with Crippen LogP contribution in [0.3, 0.4) is 0 Å². The van der Waals surface area contributed by atoms with Crippen molar-refractivity contribution in [2.75, 3.05) is 25.1 Å². The van der Waals surface area contributed by atoms with E-state index in [1.54, 1.807) is 18.2 Å². The molecule has 0 aliphatic carbocycles. The summed E-state index contributed by atoms with van der Waals surface area (Å²) < 4.78 is 28.6. The van der Waals surface area contributed by atoms with E-state index >= 15 is 0 Å². The summed E-state index contributed by atoms with van der Waals surface area (Å²) in [5, 5.41) is 13.6. The Morgan fingerprint density at radius 2 is 1.90 bits per heavy atom. The molecule has 0 spiro atoms. The van der Waals surface area contributed by atoms with Crippen molar-refractivity contribution in [2.24, 2.45) is 0 Å². The van der Waals surface area contributed by atoms with Crippen molar-refractivity contribution in [1.82, 2.24) is 0 Å². The lowest BCUT2D eigenvalue weighted by atomic mass is 10.0. The van der Waals surface area contributed by atoms with Crippen LogP contribution in [0, 0.1) is 0 Å². The predicted molar refractivity (Wildman–Crippen MR) is 76.2 cm³/mol. The molecule has 0 atom stereocenters. The Kier molecular flexibility index (Phi) is 5.05. The van der Waals surface area contributed by atoms with E-state index in [-0.39, 0.29) is 12.2 Å². The van der Waals surface area contributed by atoms with Crippen molar-refractivity contribution in [3.05, 3.63) is 42.0 Å². The van der Waals surface area contributed by atoms with Crippen LogP contribution in [0.1, 0.15) is 10.4 Å². The molecule has 21 heavy (non-hydrogen) atoms. The number of anilines is 1. The SMILES string of the molecule is O=C(O)c1ccc(NCCOCC(F)F)c2ccccc12. The molecule has 2 N–H and O–H groups in total. The van der Waals surface area contributed by atoms with E-state index in [0.29, 0.717) is 11.9 Å². The average Bonchev–Trinajstić information content (AvgIpc) is 2.46. The van der Waals surface area contributed by atoms with Crippen molar-refractivity contribution in [1.29, 1.82) is 0 Å². The minimum Gasteiger partial charge on any atom is -0.478 e. The molecule has 0 heterocycles. The van der Waals surface area contributed by atoms with E-state index in [0.717, 1.165) is 11.1 Å². The number of benzene rings is 2. The van der Waals surface area contributed by atoms with Crippen LogP contribution < -0.4 is 5.32 Å². The van der Waals surface area contributed by atoms with Gasteiger partial charge in [-0.2, -0.15) is 0 Å². The van der Waals surface area contributed by atoms with Crippen LogP contribution in [0.25, 0.3) is 10.8 Å². The summed E-state index contributed by atoms with van der Waals surface area (Å²) in [6, 6.07) is 10.3. The zero-order valence-electron chi connectivity index (χ0n) is 11.2. The molecule has 0 aromatic heterocycles. The number of alkyl halides is 2. The molecule has 0 bridgehead atoms. The van der Waals surface area contributed by atoms with Crippen LogP contribution in [0.4, 0.5) is 14.5 Å². The zero-order chi connectivity index (χ0) is 15.2. The normalized spacial score (nSPS) is 11.0. The van der Waals surface area contributed by atoms with Crippen molar-refractivity contribution >= 4 is 22.4 Å². The lowest BCUT2D eigenvalue weighted by Gasteiger charge is -2.11. The van der Waals surface area contributed by atoms with Gasteiger partial charge >= 0.3 is 5.97 Å². The van der Waals surface area contributed by atoms with Gasteiger partial charge in [0.15, 0.2) is 0 Å². The van der Waals surface area contributed by atoms with Gasteiger partial charge in [-0.05, 0) is 17.5 Å². The van der Waals surface area contributed by atoms with Crippen LogP contribution in [0.5, 0.6) is 0 Å². The van der Waals surface area contributed by atoms with E-state index in [1.165, 1.54) is 6.07 Å². The van der Waals surface area contributed by atoms with E-state index in [1.807, 2.05) is 12.1 Å². The highest BCUT2D eigenvalue weighted by Gasteiger charge is 2.10. The summed E-state index contributed by atoms with van der Waals surface area (Å²) in [6.07, 6.45) is -2.47. The maximum Gasteiger partial charge on any atom is 0.336 e. The Morgan fingerprint density at radius 1 is 1.19 bits per heavy atom. The van der Waals surface area contributed by atoms with Gasteiger partial charge in [-0.15, -0.1) is 0 Å². The van der Waals surface area contributed by atoms with Crippen LogP contribution in [-0.2, 0) is 4.74 Å². The Bertz CT molecular complexity index is 631. The lowest BCUT2D eigenvalue weighted by Crippen LogP contribution is -2.13. The number of fused-ring (bicyclic) bond motifs is 1. The molecule has 0 aliphatic rings. The highest BCUT2D eigenvalue weighted by molar-refractivity contribution is 6.07. The second kappa shape index (κ2) is 6.99. The number of nitrogens with one attached hydrogen (secondary N) is 1. The summed E-state index contributed by atoms with van der Waals surface area (Å²) in [6.45, 7) is -0.0666. The van der Waals surface area contributed by atoms with Crippen molar-refractivity contribution < 1.29 is 23.4 Å². The molecule has 4 nitrogen and oxygen atoms in total. The third kappa shape index (κ3) is 3.88. The van der Waals surface area contributed by atoms with Crippen molar-refractivity contribution in [3.8, 4) is 0 Å². The first-order chi connectivity index (χ1) is 10.1. The van der Waals surface area contributed by atoms with E-state index in [4.69, 9.17) is 9.84 Å². The molecule has 6 heteroatoms. The maximum absolute atomic E-state index is 11.9. The van der Waals surface area contributed by atoms with Gasteiger partial charge in [0.2, 0.25) is 0 Å². The first-order valence-electron chi connectivity index (χ1n) is 6.44. The number of hydrogen-bond acceptors (Lipinski definition) is 3. The van der Waals surface area contributed by atoms with Crippen LogP contribution in [-0.4, -0.2) is 37.3 Å². The number of carbonyl (C=O) groups is 1. The van der Waals surface area contributed by atoms with Crippen LogP contribution in [0.15, 0.2) is 36.4 Å². The van der Waals surface area contributed by atoms with Gasteiger partial charge in [-0.3, -0.25) is 0 Å². The molecular formula is C15H15F2NO3. The first-order valence-corrected chi connectivity index (χ1v) is 6.44. The van der Waals surface area contributed by atoms with E-state index < -0.39 is 19.0 Å². The quantitative estimate of drug-likeness (QED) is 0.770. The van der Waals surface area contributed by atoms with Gasteiger partial charge < -0.3 is 15.2 Å². The number of rotatable bonds is 7. The second-order valence-electron chi connectivity index (χ2n) is 4.40. The number of carboxylic acids is 1. The molecule has 0 aliphatic heterocycles. The highest BCUT2D eigenvalue weighted by atomic mass is 19.3. The van der Waals surface area contributed by atoms with Gasteiger partial charge in [0, 0.05) is 17.6 Å². The highest BCUT2D eigenvalue weighted by Crippen LogP contribution is 2.26. The smallest absolute Gasteiger partial charge is 0.336 e. The molecule has 2 rings (SSSR count). The third-order valence-electron chi connectivity index (χ3n) is 2.96. The fourth-order valence-electron chi connectivity index (χ4n) is 2.07. The van der Waals surface area contributed by atoms with Gasteiger partial charge in [0.1, 0.15) is 6.61 Å². The van der Waals surface area contributed by atoms with Gasteiger partial charge in [0.25, 0.3) is 6.43 Å². The van der Waals surface area contributed by atoms with Gasteiger partial charge in [-0.25, -0.2) is 13.6 Å². The monoisotopic (exact) mass is 295 g/mol. The lowest BCUT2D eigenvalue weighted by molar-refractivity contribution is 0.0215. The summed E-state index contributed by atoms with van der Waals surface area (Å²) >= 11 is 0. The van der Waals surface area contributed by atoms with Gasteiger partial charge in [-0.1, -0.05) is 24.3 Å². The standard InChI is InChI=1S/C15H15F2NO3/c16-14(17)9-21-8-7-18-13-6-5-12(15(19)20)10-3-1-2-4-11(10)13/h1-6,14,18H,7-9H2,(H,19,20). The number of hydrogen-bond donors (Lipinski definition) is 2. The molecule has 112 valence electrons. The zero-order valence-corrected chi connectivity index (χ0v) is 11.2. The molecular weight excluding hydrogens is 280 g/mol. The molecule has 2 aromatic carbocycles. The van der Waals surface area contributed by atoms with Crippen molar-refractivity contribution in [3.63, 3.8) is 0 Å². The van der Waals surface area contributed by atoms with E-state index in [9.17, 15) is 13.6 Å². The minimum absolute atomic E-state index is 0.152. The summed E-state index contributed by atoms with van der Waals surface area (Å²) in [7, 11) is 0. The Morgan fingerprint density at radius 3 is 2.57 bits per heavy atom. The molecule has 0 fully saturated rings. The number of halogens is 2. The number of ether oxygens (including phenoxy) is 1. The van der Waals surface area contributed by atoms with Gasteiger partial charge in [0.05, 0.1) is 12.2 Å². The van der Waals surface area contributed by atoms with Crippen LogP contribution >= 0.6 is 0 Å². The fraction of sp³-hybridized carbons (Fsp3) is 0.267. The molecule has 2 aromatic rings. The fourth-order valence-corrected chi connectivity index (χ4v) is 2.07. The number of aromatic carboxylic acids is 1. The largest absolute Gasteiger partial charge is 0.478 e.